The highest BCUT2D eigenvalue weighted by Crippen LogP contribution is 2.25. The summed E-state index contributed by atoms with van der Waals surface area (Å²) >= 11 is 0. The molecule has 0 bridgehead atoms. The fourth-order valence-corrected chi connectivity index (χ4v) is 1.90. The van der Waals surface area contributed by atoms with Gasteiger partial charge < -0.3 is 9.84 Å². The minimum absolute atomic E-state index is 0.0738. The summed E-state index contributed by atoms with van der Waals surface area (Å²) in [4.78, 5) is 12.1. The minimum atomic E-state index is -0.528. The fourth-order valence-electron chi connectivity index (χ4n) is 1.90. The number of aliphatic hydroxyl groups is 1. The van der Waals surface area contributed by atoms with Crippen LogP contribution in [-0.2, 0) is 9.53 Å². The summed E-state index contributed by atoms with van der Waals surface area (Å²) < 4.78 is 5.04. The van der Waals surface area contributed by atoms with Crippen molar-refractivity contribution in [2.24, 2.45) is 0 Å². The maximum atomic E-state index is 12.1. The lowest BCUT2D eigenvalue weighted by Crippen LogP contribution is -2.09. The first-order valence-electron chi connectivity index (χ1n) is 6.45. The second kappa shape index (κ2) is 6.57. The maximum Gasteiger partial charge on any atom is 0.342 e. The van der Waals surface area contributed by atoms with Crippen molar-refractivity contribution in [3.05, 3.63) is 71.8 Å². The molecule has 2 aromatic carbocycles. The molecule has 1 N–H and O–H groups in total. The van der Waals surface area contributed by atoms with E-state index >= 15 is 0 Å². The Balaban J connectivity index is 2.54. The summed E-state index contributed by atoms with van der Waals surface area (Å²) in [5.41, 5.74) is 1.39. The Morgan fingerprint density at radius 1 is 0.950 bits per heavy atom. The van der Waals surface area contributed by atoms with Crippen LogP contribution in [-0.4, -0.2) is 17.7 Å². The SMILES string of the molecule is CCOC(=O)C(=C(O)c1ccccc1)c1ccccc1. The smallest absolute Gasteiger partial charge is 0.342 e. The van der Waals surface area contributed by atoms with Gasteiger partial charge in [0.2, 0.25) is 0 Å². The van der Waals surface area contributed by atoms with Crippen LogP contribution in [0.15, 0.2) is 60.7 Å². The summed E-state index contributed by atoms with van der Waals surface area (Å²) in [5.74, 6) is -0.602. The predicted molar refractivity (Wildman–Crippen MR) is 79.0 cm³/mol. The lowest BCUT2D eigenvalue weighted by atomic mass is 10.0. The summed E-state index contributed by atoms with van der Waals surface area (Å²) in [6.07, 6.45) is 0. The zero-order valence-electron chi connectivity index (χ0n) is 11.2. The Bertz CT molecular complexity index is 601. The topological polar surface area (TPSA) is 46.5 Å². The molecule has 0 atom stereocenters. The quantitative estimate of drug-likeness (QED) is 0.398. The highest BCUT2D eigenvalue weighted by Gasteiger charge is 2.19. The van der Waals surface area contributed by atoms with E-state index in [-0.39, 0.29) is 17.9 Å². The number of hydrogen-bond acceptors (Lipinski definition) is 3. The number of carbonyl (C=O) groups excluding carboxylic acids is 1. The molecule has 0 heterocycles. The molecular weight excluding hydrogens is 252 g/mol. The van der Waals surface area contributed by atoms with Gasteiger partial charge in [-0.3, -0.25) is 0 Å². The van der Waals surface area contributed by atoms with Crippen LogP contribution in [0.3, 0.4) is 0 Å². The maximum absolute atomic E-state index is 12.1. The van der Waals surface area contributed by atoms with Crippen molar-refractivity contribution in [1.82, 2.24) is 0 Å². The summed E-state index contributed by atoms with van der Waals surface area (Å²) in [6.45, 7) is 2.00. The Morgan fingerprint density at radius 2 is 1.45 bits per heavy atom. The Kier molecular flexibility index (Phi) is 4.56. The van der Waals surface area contributed by atoms with Crippen LogP contribution >= 0.6 is 0 Å². The third-order valence-corrected chi connectivity index (χ3v) is 2.83. The molecule has 102 valence electrons. The molecule has 0 aliphatic carbocycles. The zero-order chi connectivity index (χ0) is 14.4. The summed E-state index contributed by atoms with van der Waals surface area (Å²) in [5, 5.41) is 10.4. The summed E-state index contributed by atoms with van der Waals surface area (Å²) in [7, 11) is 0. The van der Waals surface area contributed by atoms with Crippen molar-refractivity contribution in [2.75, 3.05) is 6.61 Å². The van der Waals surface area contributed by atoms with Gasteiger partial charge in [-0.05, 0) is 12.5 Å². The number of rotatable bonds is 4. The van der Waals surface area contributed by atoms with Crippen molar-refractivity contribution in [3.63, 3.8) is 0 Å². The number of aliphatic hydroxyl groups excluding tert-OH is 1. The number of hydrogen-bond donors (Lipinski definition) is 1. The molecule has 3 heteroatoms. The van der Waals surface area contributed by atoms with Crippen molar-refractivity contribution >= 4 is 17.3 Å². The van der Waals surface area contributed by atoms with E-state index in [1.807, 2.05) is 24.3 Å². The molecule has 0 fully saturated rings. The van der Waals surface area contributed by atoms with Gasteiger partial charge in [-0.1, -0.05) is 60.7 Å². The molecule has 0 spiro atoms. The number of esters is 1. The highest BCUT2D eigenvalue weighted by molar-refractivity contribution is 6.23. The predicted octanol–water partition coefficient (Wildman–Crippen LogP) is 3.68. The van der Waals surface area contributed by atoms with Crippen LogP contribution < -0.4 is 0 Å². The van der Waals surface area contributed by atoms with Crippen molar-refractivity contribution in [1.29, 1.82) is 0 Å². The molecule has 0 aliphatic heterocycles. The van der Waals surface area contributed by atoms with Crippen molar-refractivity contribution in [2.45, 2.75) is 6.92 Å². The van der Waals surface area contributed by atoms with Crippen LogP contribution in [0, 0.1) is 0 Å². The lowest BCUT2D eigenvalue weighted by Gasteiger charge is -2.10. The van der Waals surface area contributed by atoms with E-state index in [1.165, 1.54) is 0 Å². The van der Waals surface area contributed by atoms with E-state index in [4.69, 9.17) is 4.74 Å². The first-order chi connectivity index (χ1) is 9.74. The van der Waals surface area contributed by atoms with E-state index in [2.05, 4.69) is 0 Å². The molecule has 0 unspecified atom stereocenters. The van der Waals surface area contributed by atoms with E-state index < -0.39 is 5.97 Å². The second-order valence-corrected chi connectivity index (χ2v) is 4.18. The van der Waals surface area contributed by atoms with Gasteiger partial charge in [0.25, 0.3) is 0 Å². The highest BCUT2D eigenvalue weighted by atomic mass is 16.5. The van der Waals surface area contributed by atoms with Gasteiger partial charge in [0.15, 0.2) is 0 Å². The third kappa shape index (κ3) is 3.06. The van der Waals surface area contributed by atoms with Gasteiger partial charge in [0, 0.05) is 5.56 Å². The molecular formula is C17H16O3. The first kappa shape index (κ1) is 13.9. The monoisotopic (exact) mass is 268 g/mol. The second-order valence-electron chi connectivity index (χ2n) is 4.18. The van der Waals surface area contributed by atoms with Gasteiger partial charge in [0.05, 0.1) is 6.61 Å². The van der Waals surface area contributed by atoms with Gasteiger partial charge >= 0.3 is 5.97 Å². The minimum Gasteiger partial charge on any atom is -0.506 e. The van der Waals surface area contributed by atoms with Gasteiger partial charge in [-0.25, -0.2) is 4.79 Å². The molecule has 3 nitrogen and oxygen atoms in total. The third-order valence-electron chi connectivity index (χ3n) is 2.83. The lowest BCUT2D eigenvalue weighted by molar-refractivity contribution is -0.136. The summed E-state index contributed by atoms with van der Waals surface area (Å²) in [6, 6.07) is 18.0. The zero-order valence-corrected chi connectivity index (χ0v) is 11.2. The molecule has 20 heavy (non-hydrogen) atoms. The van der Waals surface area contributed by atoms with Gasteiger partial charge in [-0.2, -0.15) is 0 Å². The molecule has 0 saturated carbocycles. The molecule has 0 radical (unpaired) electrons. The van der Waals surface area contributed by atoms with Gasteiger partial charge in [0.1, 0.15) is 11.3 Å². The van der Waals surface area contributed by atoms with Crippen molar-refractivity contribution < 1.29 is 14.6 Å². The Morgan fingerprint density at radius 3 is 1.95 bits per heavy atom. The van der Waals surface area contributed by atoms with Crippen LogP contribution in [0.5, 0.6) is 0 Å². The number of carbonyl (C=O) groups is 1. The van der Waals surface area contributed by atoms with E-state index in [9.17, 15) is 9.90 Å². The van der Waals surface area contributed by atoms with E-state index in [0.29, 0.717) is 11.1 Å². The number of benzene rings is 2. The number of ether oxygens (including phenoxy) is 1. The van der Waals surface area contributed by atoms with E-state index in [0.717, 1.165) is 0 Å². The van der Waals surface area contributed by atoms with Crippen LogP contribution in [0.25, 0.3) is 11.3 Å². The van der Waals surface area contributed by atoms with Gasteiger partial charge in [-0.15, -0.1) is 0 Å². The van der Waals surface area contributed by atoms with Crippen LogP contribution in [0.4, 0.5) is 0 Å². The normalized spacial score (nSPS) is 11.7. The average molecular weight is 268 g/mol. The van der Waals surface area contributed by atoms with Crippen molar-refractivity contribution in [3.8, 4) is 0 Å². The molecule has 2 rings (SSSR count). The first-order valence-corrected chi connectivity index (χ1v) is 6.45. The largest absolute Gasteiger partial charge is 0.506 e. The average Bonchev–Trinajstić information content (AvgIpc) is 2.50. The fraction of sp³-hybridized carbons (Fsp3) is 0.118. The van der Waals surface area contributed by atoms with Crippen LogP contribution in [0.1, 0.15) is 18.1 Å². The standard InChI is InChI=1S/C17H16O3/c1-2-20-17(19)15(13-9-5-3-6-10-13)16(18)14-11-7-4-8-12-14/h3-12,18H,2H2,1H3. The Hall–Kier alpha value is -2.55. The molecule has 0 aromatic heterocycles. The molecule has 0 saturated heterocycles. The molecule has 0 amide bonds. The Labute approximate surface area is 118 Å². The molecule has 0 aliphatic rings. The van der Waals surface area contributed by atoms with Crippen LogP contribution in [0.2, 0.25) is 0 Å². The van der Waals surface area contributed by atoms with E-state index in [1.54, 1.807) is 43.3 Å². The molecule has 2 aromatic rings.